The van der Waals surface area contributed by atoms with Crippen LogP contribution in [0.5, 0.6) is 0 Å². The Morgan fingerprint density at radius 1 is 1.19 bits per heavy atom. The third-order valence-corrected chi connectivity index (χ3v) is 6.41. The molecule has 0 aliphatic rings. The molecule has 0 saturated carbocycles. The molecule has 0 fully saturated rings. The summed E-state index contributed by atoms with van der Waals surface area (Å²) in [4.78, 5) is 30.7. The Labute approximate surface area is 189 Å². The predicted molar refractivity (Wildman–Crippen MR) is 127 cm³/mol. The van der Waals surface area contributed by atoms with Crippen molar-refractivity contribution in [3.8, 4) is 0 Å². The van der Waals surface area contributed by atoms with Crippen molar-refractivity contribution >= 4 is 17.7 Å². The molecule has 31 heavy (non-hydrogen) atoms. The fraction of sp³-hybridized carbons (Fsp3) is 0.542. The van der Waals surface area contributed by atoms with E-state index in [1.165, 1.54) is 11.8 Å². The molecule has 1 aromatic heterocycles. The molecule has 1 heterocycles. The maximum atomic E-state index is 13.2. The van der Waals surface area contributed by atoms with Crippen LogP contribution in [-0.4, -0.2) is 34.4 Å². The number of hydrogen-bond acceptors (Lipinski definition) is 5. The smallest absolute Gasteiger partial charge is 0.257 e. The van der Waals surface area contributed by atoms with Gasteiger partial charge in [0.15, 0.2) is 5.16 Å². The second-order valence-electron chi connectivity index (χ2n) is 7.67. The lowest BCUT2D eigenvalue weighted by Crippen LogP contribution is -2.34. The van der Waals surface area contributed by atoms with Crippen molar-refractivity contribution in [1.29, 1.82) is 0 Å². The number of rotatable bonds is 13. The topological polar surface area (TPSA) is 73.2 Å². The van der Waals surface area contributed by atoms with Crippen LogP contribution in [0.3, 0.4) is 0 Å². The minimum Gasteiger partial charge on any atom is -0.378 e. The van der Waals surface area contributed by atoms with Gasteiger partial charge in [-0.05, 0) is 18.4 Å². The molecule has 0 aliphatic heterocycles. The Morgan fingerprint density at radius 3 is 2.58 bits per heavy atom. The van der Waals surface area contributed by atoms with Gasteiger partial charge < -0.3 is 10.1 Å². The average molecular weight is 446 g/mol. The highest BCUT2D eigenvalue weighted by Crippen LogP contribution is 2.25. The molecular weight excluding hydrogens is 410 g/mol. The quantitative estimate of drug-likeness (QED) is 0.286. The van der Waals surface area contributed by atoms with Crippen molar-refractivity contribution in [2.75, 3.05) is 13.7 Å². The number of amides is 1. The van der Waals surface area contributed by atoms with Gasteiger partial charge in [0.1, 0.15) is 0 Å². The third kappa shape index (κ3) is 7.51. The van der Waals surface area contributed by atoms with E-state index in [1.54, 1.807) is 18.7 Å². The van der Waals surface area contributed by atoms with Crippen LogP contribution in [0.1, 0.15) is 62.8 Å². The molecule has 1 amide bonds. The number of carbonyl (C=O) groups is 1. The van der Waals surface area contributed by atoms with Gasteiger partial charge in [-0.1, -0.05) is 75.2 Å². The van der Waals surface area contributed by atoms with Gasteiger partial charge in [-0.15, -0.1) is 0 Å². The fourth-order valence-electron chi connectivity index (χ4n) is 3.34. The number of carbonyl (C=O) groups excluding carboxylic acids is 1. The van der Waals surface area contributed by atoms with Gasteiger partial charge in [-0.2, -0.15) is 0 Å². The average Bonchev–Trinajstić information content (AvgIpc) is 2.77. The zero-order valence-corrected chi connectivity index (χ0v) is 20.0. The van der Waals surface area contributed by atoms with E-state index in [2.05, 4.69) is 19.2 Å². The van der Waals surface area contributed by atoms with Crippen LogP contribution in [0.4, 0.5) is 0 Å². The minimum atomic E-state index is -0.278. The number of hydrogen-bond donors (Lipinski definition) is 1. The van der Waals surface area contributed by atoms with Crippen LogP contribution < -0.4 is 10.9 Å². The molecule has 0 bridgehead atoms. The van der Waals surface area contributed by atoms with Crippen LogP contribution >= 0.6 is 11.8 Å². The summed E-state index contributed by atoms with van der Waals surface area (Å²) in [6.45, 7) is 5.14. The molecule has 0 radical (unpaired) electrons. The van der Waals surface area contributed by atoms with Crippen molar-refractivity contribution in [2.45, 2.75) is 69.4 Å². The molecule has 2 rings (SSSR count). The van der Waals surface area contributed by atoms with Gasteiger partial charge in [-0.25, -0.2) is 4.98 Å². The molecule has 0 spiro atoms. The lowest BCUT2D eigenvalue weighted by atomic mass is 10.0. The van der Waals surface area contributed by atoms with Gasteiger partial charge in [0, 0.05) is 32.7 Å². The first-order chi connectivity index (χ1) is 15.0. The number of unbranched alkanes of at least 4 members (excludes halogenated alkanes) is 2. The molecular formula is C24H35N3O3S. The van der Waals surface area contributed by atoms with Crippen LogP contribution in [-0.2, 0) is 29.6 Å². The van der Waals surface area contributed by atoms with Gasteiger partial charge in [-0.3, -0.25) is 14.2 Å². The van der Waals surface area contributed by atoms with Gasteiger partial charge >= 0.3 is 0 Å². The first-order valence-corrected chi connectivity index (χ1v) is 12.0. The summed E-state index contributed by atoms with van der Waals surface area (Å²) < 4.78 is 6.90. The second kappa shape index (κ2) is 13.3. The summed E-state index contributed by atoms with van der Waals surface area (Å²) in [7, 11) is 3.33. The van der Waals surface area contributed by atoms with Crippen molar-refractivity contribution < 1.29 is 9.53 Å². The zero-order chi connectivity index (χ0) is 22.6. The van der Waals surface area contributed by atoms with E-state index >= 15 is 0 Å². The van der Waals surface area contributed by atoms with Crippen molar-refractivity contribution in [1.82, 2.24) is 14.9 Å². The molecule has 7 heteroatoms. The van der Waals surface area contributed by atoms with E-state index in [0.29, 0.717) is 29.4 Å². The predicted octanol–water partition coefficient (Wildman–Crippen LogP) is 4.08. The molecule has 0 aliphatic carbocycles. The Morgan fingerprint density at radius 2 is 1.94 bits per heavy atom. The number of nitrogens with one attached hydrogen (secondary N) is 1. The molecule has 1 atom stereocenters. The Kier molecular flexibility index (Phi) is 10.8. The number of methoxy groups -OCH3 is 1. The van der Waals surface area contributed by atoms with Crippen LogP contribution in [0, 0.1) is 0 Å². The second-order valence-corrected chi connectivity index (χ2v) is 8.84. The SMILES string of the molecule is CCCCCNC(=O)C(CCC)Sc1nc(COC)c(Cc2ccccc2)c(=O)n1C. The Bertz CT molecular complexity index is 884. The number of thioether (sulfide) groups is 1. The highest BCUT2D eigenvalue weighted by Gasteiger charge is 2.23. The van der Waals surface area contributed by atoms with Crippen LogP contribution in [0.15, 0.2) is 40.3 Å². The lowest BCUT2D eigenvalue weighted by molar-refractivity contribution is -0.120. The van der Waals surface area contributed by atoms with Crippen molar-refractivity contribution in [2.24, 2.45) is 7.05 Å². The highest BCUT2D eigenvalue weighted by molar-refractivity contribution is 8.00. The van der Waals surface area contributed by atoms with E-state index in [-0.39, 0.29) is 23.3 Å². The van der Waals surface area contributed by atoms with Gasteiger partial charge in [0.25, 0.3) is 5.56 Å². The lowest BCUT2D eigenvalue weighted by Gasteiger charge is -2.19. The van der Waals surface area contributed by atoms with E-state index < -0.39 is 0 Å². The third-order valence-electron chi connectivity index (χ3n) is 5.10. The summed E-state index contributed by atoms with van der Waals surface area (Å²) in [6, 6.07) is 9.87. The first kappa shape index (κ1) is 25.1. The van der Waals surface area contributed by atoms with E-state index in [0.717, 1.165) is 37.7 Å². The maximum absolute atomic E-state index is 13.2. The van der Waals surface area contributed by atoms with Crippen LogP contribution in [0.25, 0.3) is 0 Å². The largest absolute Gasteiger partial charge is 0.378 e. The number of aromatic nitrogens is 2. The summed E-state index contributed by atoms with van der Waals surface area (Å²) in [6.07, 6.45) is 5.31. The van der Waals surface area contributed by atoms with E-state index in [1.807, 2.05) is 30.3 Å². The normalized spacial score (nSPS) is 12.0. The first-order valence-electron chi connectivity index (χ1n) is 11.1. The van der Waals surface area contributed by atoms with E-state index in [9.17, 15) is 9.59 Å². The number of ether oxygens (including phenoxy) is 1. The fourth-order valence-corrected chi connectivity index (χ4v) is 4.55. The molecule has 1 aromatic carbocycles. The number of benzene rings is 1. The van der Waals surface area contributed by atoms with Crippen molar-refractivity contribution in [3.63, 3.8) is 0 Å². The Hall–Kier alpha value is -2.12. The van der Waals surface area contributed by atoms with Crippen molar-refractivity contribution in [3.05, 3.63) is 57.5 Å². The maximum Gasteiger partial charge on any atom is 0.257 e. The summed E-state index contributed by atoms with van der Waals surface area (Å²) in [5.41, 5.74) is 2.23. The monoisotopic (exact) mass is 445 g/mol. The molecule has 170 valence electrons. The highest BCUT2D eigenvalue weighted by atomic mass is 32.2. The molecule has 1 unspecified atom stereocenters. The Balaban J connectivity index is 2.28. The summed E-state index contributed by atoms with van der Waals surface area (Å²) in [5, 5.41) is 3.32. The van der Waals surface area contributed by atoms with E-state index in [4.69, 9.17) is 9.72 Å². The summed E-state index contributed by atoms with van der Waals surface area (Å²) >= 11 is 1.37. The summed E-state index contributed by atoms with van der Waals surface area (Å²) in [5.74, 6) is 0.0128. The minimum absolute atomic E-state index is 0.0128. The molecule has 1 N–H and O–H groups in total. The molecule has 0 saturated heterocycles. The molecule has 2 aromatic rings. The van der Waals surface area contributed by atoms with Gasteiger partial charge in [0.2, 0.25) is 5.91 Å². The van der Waals surface area contributed by atoms with Crippen LogP contribution in [0.2, 0.25) is 0 Å². The zero-order valence-electron chi connectivity index (χ0n) is 19.1. The van der Waals surface area contributed by atoms with Gasteiger partial charge in [0.05, 0.1) is 17.6 Å². The standard InChI is InChI=1S/C24H35N3O3S/c1-5-7-11-15-25-22(28)21(12-6-2)31-24-26-20(17-30-4)19(23(29)27(24)3)16-18-13-9-8-10-14-18/h8-10,13-14,21H,5-7,11-12,15-17H2,1-4H3,(H,25,28). The molecule has 6 nitrogen and oxygen atoms in total. The number of nitrogens with zero attached hydrogens (tertiary/aromatic N) is 2.